The van der Waals surface area contributed by atoms with E-state index in [1.807, 2.05) is 54.7 Å². The number of allylic oxidation sites excluding steroid dienone is 4. The number of hydrogen-bond acceptors (Lipinski definition) is 4. The van der Waals surface area contributed by atoms with E-state index >= 15 is 0 Å². The maximum absolute atomic E-state index is 5.08. The normalized spacial score (nSPS) is 12.7. The summed E-state index contributed by atoms with van der Waals surface area (Å²) in [5.74, 6) is 2.01. The van der Waals surface area contributed by atoms with Crippen LogP contribution in [0.5, 0.6) is 0 Å². The number of hydrogen-bond donors (Lipinski definition) is 0. The second kappa shape index (κ2) is 12.2. The fourth-order valence-corrected chi connectivity index (χ4v) is 5.96. The fraction of sp³-hybridized carbons (Fsp3) is 0.0476. The predicted molar refractivity (Wildman–Crippen MR) is 189 cm³/mol. The van der Waals surface area contributed by atoms with E-state index in [0.717, 1.165) is 63.1 Å². The van der Waals surface area contributed by atoms with E-state index < -0.39 is 0 Å². The van der Waals surface area contributed by atoms with Crippen LogP contribution in [0, 0.1) is 0 Å². The molecule has 4 nitrogen and oxygen atoms in total. The van der Waals surface area contributed by atoms with Gasteiger partial charge in [-0.15, -0.1) is 0 Å². The minimum atomic E-state index is 0.651. The first-order valence-electron chi connectivity index (χ1n) is 15.6. The number of benzene rings is 5. The monoisotopic (exact) mass is 590 g/mol. The average Bonchev–Trinajstić information content (AvgIpc) is 3.15. The van der Waals surface area contributed by atoms with Crippen LogP contribution in [0.25, 0.3) is 72.6 Å². The summed E-state index contributed by atoms with van der Waals surface area (Å²) in [4.78, 5) is 19.6. The Morgan fingerprint density at radius 2 is 1.07 bits per heavy atom. The Balaban J connectivity index is 1.31. The van der Waals surface area contributed by atoms with Crippen molar-refractivity contribution in [1.29, 1.82) is 0 Å². The highest BCUT2D eigenvalue weighted by Crippen LogP contribution is 2.35. The van der Waals surface area contributed by atoms with Crippen LogP contribution < -0.4 is 0 Å². The number of aromatic nitrogens is 4. The molecule has 2 aromatic heterocycles. The second-order valence-electron chi connectivity index (χ2n) is 11.5. The Hall–Kier alpha value is -6.00. The van der Waals surface area contributed by atoms with Crippen LogP contribution in [0.4, 0.5) is 0 Å². The summed E-state index contributed by atoms with van der Waals surface area (Å²) in [6.45, 7) is 0. The molecule has 0 fully saturated rings. The minimum Gasteiger partial charge on any atom is -0.256 e. The largest absolute Gasteiger partial charge is 0.256 e. The second-order valence-corrected chi connectivity index (χ2v) is 11.5. The summed E-state index contributed by atoms with van der Waals surface area (Å²) in [5, 5.41) is 2.42. The molecule has 218 valence electrons. The highest BCUT2D eigenvalue weighted by molar-refractivity contribution is 5.89. The van der Waals surface area contributed by atoms with Gasteiger partial charge in [-0.2, -0.15) is 0 Å². The van der Waals surface area contributed by atoms with Crippen molar-refractivity contribution in [3.05, 3.63) is 164 Å². The molecule has 0 N–H and O–H groups in total. The van der Waals surface area contributed by atoms with Gasteiger partial charge in [-0.1, -0.05) is 115 Å². The topological polar surface area (TPSA) is 51.6 Å². The van der Waals surface area contributed by atoms with E-state index in [-0.39, 0.29) is 0 Å². The molecule has 0 unspecified atom stereocenters. The molecule has 0 radical (unpaired) electrons. The smallest absolute Gasteiger partial charge is 0.164 e. The molecule has 0 aliphatic heterocycles. The maximum Gasteiger partial charge on any atom is 0.164 e. The maximum atomic E-state index is 5.08. The summed E-state index contributed by atoms with van der Waals surface area (Å²) in [5.41, 5.74) is 9.42. The standard InChI is InChI=1S/C42H30N4/c1-3-12-32(13-4-1)40-44-41(33-14-5-2-6-15-33)46-42(45-40)38-27-36(30-18-21-31(22-19-30)39-17-9-10-24-43-39)26-37(28-38)35-23-20-29-11-7-8-16-34(29)25-35/h1,3-5,7-28H,2,6H2. The Labute approximate surface area is 268 Å². The molecule has 5 aromatic carbocycles. The van der Waals surface area contributed by atoms with Crippen LogP contribution in [-0.2, 0) is 0 Å². The van der Waals surface area contributed by atoms with Gasteiger partial charge in [0.2, 0.25) is 0 Å². The molecule has 0 bridgehead atoms. The molecule has 4 heteroatoms. The highest BCUT2D eigenvalue weighted by Gasteiger charge is 2.16. The number of nitrogens with zero attached hydrogens (tertiary/aromatic N) is 4. The van der Waals surface area contributed by atoms with Crippen LogP contribution in [0.1, 0.15) is 18.7 Å². The van der Waals surface area contributed by atoms with Crippen LogP contribution in [0.3, 0.4) is 0 Å². The number of fused-ring (bicyclic) bond motifs is 1. The first kappa shape index (κ1) is 27.5. The molecule has 0 spiro atoms. The molecule has 8 rings (SSSR count). The zero-order valence-electron chi connectivity index (χ0n) is 25.2. The molecular weight excluding hydrogens is 560 g/mol. The molecule has 2 heterocycles. The van der Waals surface area contributed by atoms with Crippen molar-refractivity contribution in [2.75, 3.05) is 0 Å². The summed E-state index contributed by atoms with van der Waals surface area (Å²) in [6, 6.07) is 46.5. The fourth-order valence-electron chi connectivity index (χ4n) is 5.96. The minimum absolute atomic E-state index is 0.651. The van der Waals surface area contributed by atoms with Gasteiger partial charge in [0.15, 0.2) is 17.5 Å². The van der Waals surface area contributed by atoms with Gasteiger partial charge >= 0.3 is 0 Å². The van der Waals surface area contributed by atoms with Crippen LogP contribution in [-0.4, -0.2) is 19.9 Å². The van der Waals surface area contributed by atoms with Crippen LogP contribution in [0.2, 0.25) is 0 Å². The first-order valence-corrected chi connectivity index (χ1v) is 15.6. The summed E-state index contributed by atoms with van der Waals surface area (Å²) in [7, 11) is 0. The molecule has 0 saturated carbocycles. The van der Waals surface area contributed by atoms with Crippen molar-refractivity contribution >= 4 is 16.3 Å². The molecule has 0 atom stereocenters. The Kier molecular flexibility index (Phi) is 7.29. The van der Waals surface area contributed by atoms with Gasteiger partial charge in [0.25, 0.3) is 0 Å². The summed E-state index contributed by atoms with van der Waals surface area (Å²) in [6.07, 6.45) is 10.4. The lowest BCUT2D eigenvalue weighted by molar-refractivity contribution is 1.01. The van der Waals surface area contributed by atoms with Crippen molar-refractivity contribution < 1.29 is 0 Å². The van der Waals surface area contributed by atoms with E-state index in [9.17, 15) is 0 Å². The van der Waals surface area contributed by atoms with Crippen LogP contribution in [0.15, 0.2) is 158 Å². The van der Waals surface area contributed by atoms with Crippen molar-refractivity contribution in [2.45, 2.75) is 12.8 Å². The number of rotatable bonds is 6. The number of pyridine rings is 1. The summed E-state index contributed by atoms with van der Waals surface area (Å²) < 4.78 is 0. The Bertz CT molecular complexity index is 2240. The molecule has 1 aliphatic carbocycles. The van der Waals surface area contributed by atoms with E-state index in [4.69, 9.17) is 15.0 Å². The van der Waals surface area contributed by atoms with E-state index in [1.165, 1.54) is 10.8 Å². The van der Waals surface area contributed by atoms with Gasteiger partial charge in [-0.3, -0.25) is 4.98 Å². The van der Waals surface area contributed by atoms with Gasteiger partial charge in [0, 0.05) is 28.5 Å². The molecular formula is C42H30N4. The van der Waals surface area contributed by atoms with Crippen molar-refractivity contribution in [3.8, 4) is 56.3 Å². The molecule has 1 aliphatic rings. The molecule has 0 saturated heterocycles. The SMILES string of the molecule is C1=CC(c2nc(-c3ccccc3)nc(-c3cc(-c4ccc(-c5ccccn5)cc4)cc(-c4ccc5ccccc5c4)c3)n2)=CCC1. The third kappa shape index (κ3) is 5.64. The lowest BCUT2D eigenvalue weighted by atomic mass is 9.94. The lowest BCUT2D eigenvalue weighted by Crippen LogP contribution is -2.03. The first-order chi connectivity index (χ1) is 22.8. The van der Waals surface area contributed by atoms with E-state index in [0.29, 0.717) is 17.5 Å². The zero-order valence-corrected chi connectivity index (χ0v) is 25.2. The highest BCUT2D eigenvalue weighted by atomic mass is 15.0. The van der Waals surface area contributed by atoms with Gasteiger partial charge in [0.1, 0.15) is 0 Å². The van der Waals surface area contributed by atoms with E-state index in [1.54, 1.807) is 0 Å². The van der Waals surface area contributed by atoms with Gasteiger partial charge in [-0.25, -0.2) is 15.0 Å². The quantitative estimate of drug-likeness (QED) is 0.193. The van der Waals surface area contributed by atoms with Gasteiger partial charge in [-0.05, 0) is 82.3 Å². The van der Waals surface area contributed by atoms with Crippen molar-refractivity contribution in [3.63, 3.8) is 0 Å². The zero-order chi connectivity index (χ0) is 30.7. The molecule has 46 heavy (non-hydrogen) atoms. The third-order valence-corrected chi connectivity index (χ3v) is 8.37. The van der Waals surface area contributed by atoms with Gasteiger partial charge in [0.05, 0.1) is 5.69 Å². The average molecular weight is 591 g/mol. The van der Waals surface area contributed by atoms with Gasteiger partial charge < -0.3 is 0 Å². The van der Waals surface area contributed by atoms with Crippen molar-refractivity contribution in [2.24, 2.45) is 0 Å². The van der Waals surface area contributed by atoms with Crippen molar-refractivity contribution in [1.82, 2.24) is 19.9 Å². The molecule has 0 amide bonds. The predicted octanol–water partition coefficient (Wildman–Crippen LogP) is 10.5. The molecule has 7 aromatic rings. The Morgan fingerprint density at radius 1 is 0.413 bits per heavy atom. The van der Waals surface area contributed by atoms with E-state index in [2.05, 4.69) is 108 Å². The Morgan fingerprint density at radius 3 is 1.83 bits per heavy atom. The summed E-state index contributed by atoms with van der Waals surface area (Å²) >= 11 is 0. The lowest BCUT2D eigenvalue weighted by Gasteiger charge is -2.14. The van der Waals surface area contributed by atoms with Crippen LogP contribution >= 0.6 is 0 Å². The third-order valence-electron chi connectivity index (χ3n) is 8.37.